The minimum Gasteiger partial charge on any atom is -0.372 e. The zero-order valence-corrected chi connectivity index (χ0v) is 10.2. The molecule has 1 unspecified atom stereocenters. The molecule has 0 aliphatic carbocycles. The third-order valence-electron chi connectivity index (χ3n) is 1.81. The van der Waals surface area contributed by atoms with Crippen molar-refractivity contribution in [1.29, 1.82) is 0 Å². The maximum atomic E-state index is 11.4. The van der Waals surface area contributed by atoms with Gasteiger partial charge in [-0.05, 0) is 47.7 Å². The number of halogens is 1. The highest BCUT2D eigenvalue weighted by Gasteiger charge is 2.10. The number of ether oxygens (including phenoxy) is 1. The number of anilines is 1. The molecule has 1 aromatic carbocycles. The predicted octanol–water partition coefficient (Wildman–Crippen LogP) is 2.26. The normalized spacial score (nSPS) is 12.2. The summed E-state index contributed by atoms with van der Waals surface area (Å²) in [6.45, 7) is 1.71. The van der Waals surface area contributed by atoms with E-state index in [1.165, 1.54) is 7.11 Å². The molecule has 1 aromatic rings. The van der Waals surface area contributed by atoms with Crippen LogP contribution in [0.4, 0.5) is 5.69 Å². The van der Waals surface area contributed by atoms with Crippen LogP contribution in [0.1, 0.15) is 6.92 Å². The summed E-state index contributed by atoms with van der Waals surface area (Å²) < 4.78 is 5.99. The molecule has 0 heterocycles. The monoisotopic (exact) mass is 305 g/mol. The fourth-order valence-electron chi connectivity index (χ4n) is 0.917. The molecule has 4 heteroatoms. The van der Waals surface area contributed by atoms with Gasteiger partial charge >= 0.3 is 0 Å². The van der Waals surface area contributed by atoms with Crippen molar-refractivity contribution < 1.29 is 9.53 Å². The lowest BCUT2D eigenvalue weighted by Crippen LogP contribution is -2.26. The number of amides is 1. The van der Waals surface area contributed by atoms with Crippen molar-refractivity contribution in [3.05, 3.63) is 27.8 Å². The fraction of sp³-hybridized carbons (Fsp3) is 0.300. The lowest BCUT2D eigenvalue weighted by atomic mass is 10.3. The van der Waals surface area contributed by atoms with E-state index >= 15 is 0 Å². The zero-order chi connectivity index (χ0) is 10.6. The largest absolute Gasteiger partial charge is 0.372 e. The Kier molecular flexibility index (Phi) is 4.34. The van der Waals surface area contributed by atoms with E-state index in [9.17, 15) is 4.79 Å². The molecule has 0 aliphatic heterocycles. The molecule has 0 saturated heterocycles. The van der Waals surface area contributed by atoms with Crippen LogP contribution in [0.15, 0.2) is 24.3 Å². The van der Waals surface area contributed by atoms with Gasteiger partial charge in [-0.3, -0.25) is 4.79 Å². The Hall–Kier alpha value is -0.620. The van der Waals surface area contributed by atoms with E-state index in [2.05, 4.69) is 27.9 Å². The number of carbonyl (C=O) groups excluding carboxylic acids is 1. The minimum atomic E-state index is -0.423. The third-order valence-corrected chi connectivity index (χ3v) is 2.49. The highest BCUT2D eigenvalue weighted by atomic mass is 127. The van der Waals surface area contributed by atoms with Gasteiger partial charge in [-0.2, -0.15) is 0 Å². The molecule has 14 heavy (non-hydrogen) atoms. The molecule has 3 nitrogen and oxygen atoms in total. The van der Waals surface area contributed by atoms with Gasteiger partial charge in [-0.15, -0.1) is 0 Å². The summed E-state index contributed by atoms with van der Waals surface area (Å²) in [6, 6.07) is 7.62. The Morgan fingerprint density at radius 1 is 1.57 bits per heavy atom. The van der Waals surface area contributed by atoms with Crippen molar-refractivity contribution in [2.45, 2.75) is 13.0 Å². The quantitative estimate of drug-likeness (QED) is 0.870. The Labute approximate surface area is 97.0 Å². The molecule has 0 saturated carbocycles. The summed E-state index contributed by atoms with van der Waals surface area (Å²) in [5, 5.41) is 2.76. The van der Waals surface area contributed by atoms with E-state index in [-0.39, 0.29) is 5.91 Å². The van der Waals surface area contributed by atoms with Gasteiger partial charge in [0.2, 0.25) is 0 Å². The van der Waals surface area contributed by atoms with E-state index in [4.69, 9.17) is 4.74 Å². The zero-order valence-electron chi connectivity index (χ0n) is 8.08. The van der Waals surface area contributed by atoms with E-state index < -0.39 is 6.10 Å². The number of benzene rings is 1. The summed E-state index contributed by atoms with van der Waals surface area (Å²) >= 11 is 2.20. The molecule has 0 spiro atoms. The SMILES string of the molecule is COC(C)C(=O)Nc1cccc(I)c1. The van der Waals surface area contributed by atoms with Crippen molar-refractivity contribution in [1.82, 2.24) is 0 Å². The second-order valence-electron chi connectivity index (χ2n) is 2.88. The van der Waals surface area contributed by atoms with Crippen LogP contribution in [0, 0.1) is 3.57 Å². The first-order valence-corrected chi connectivity index (χ1v) is 5.30. The van der Waals surface area contributed by atoms with Gasteiger partial charge in [-0.1, -0.05) is 6.07 Å². The molecule has 76 valence electrons. The molecule has 0 radical (unpaired) electrons. The van der Waals surface area contributed by atoms with E-state index in [0.29, 0.717) is 0 Å². The number of hydrogen-bond acceptors (Lipinski definition) is 2. The van der Waals surface area contributed by atoms with Crippen molar-refractivity contribution in [3.8, 4) is 0 Å². The van der Waals surface area contributed by atoms with Gasteiger partial charge in [0.1, 0.15) is 6.10 Å². The van der Waals surface area contributed by atoms with Crippen LogP contribution in [0.5, 0.6) is 0 Å². The third kappa shape index (κ3) is 3.26. The highest BCUT2D eigenvalue weighted by Crippen LogP contribution is 2.12. The summed E-state index contributed by atoms with van der Waals surface area (Å²) in [5.41, 5.74) is 0.797. The number of nitrogens with one attached hydrogen (secondary N) is 1. The number of rotatable bonds is 3. The predicted molar refractivity (Wildman–Crippen MR) is 64.3 cm³/mol. The van der Waals surface area contributed by atoms with Crippen molar-refractivity contribution in [2.24, 2.45) is 0 Å². The topological polar surface area (TPSA) is 38.3 Å². The molecule has 1 N–H and O–H groups in total. The summed E-state index contributed by atoms with van der Waals surface area (Å²) in [5.74, 6) is -0.130. The van der Waals surface area contributed by atoms with Crippen molar-refractivity contribution in [2.75, 3.05) is 12.4 Å². The van der Waals surface area contributed by atoms with Gasteiger partial charge in [0.05, 0.1) is 0 Å². The molecule has 1 rings (SSSR count). The van der Waals surface area contributed by atoms with Gasteiger partial charge in [0, 0.05) is 16.4 Å². The maximum absolute atomic E-state index is 11.4. The fourth-order valence-corrected chi connectivity index (χ4v) is 1.46. The molecule has 0 bridgehead atoms. The van der Waals surface area contributed by atoms with Crippen LogP contribution in [-0.2, 0) is 9.53 Å². The van der Waals surface area contributed by atoms with E-state index in [1.807, 2.05) is 24.3 Å². The van der Waals surface area contributed by atoms with E-state index in [1.54, 1.807) is 6.92 Å². The maximum Gasteiger partial charge on any atom is 0.253 e. The standard InChI is InChI=1S/C10H12INO2/c1-7(14-2)10(13)12-9-5-3-4-8(11)6-9/h3-7H,1-2H3,(H,12,13). The first-order chi connectivity index (χ1) is 6.63. The molecule has 0 aliphatic rings. The van der Waals surface area contributed by atoms with Gasteiger partial charge in [-0.25, -0.2) is 0 Å². The Morgan fingerprint density at radius 2 is 2.29 bits per heavy atom. The van der Waals surface area contributed by atoms with Crippen LogP contribution in [0.2, 0.25) is 0 Å². The first-order valence-electron chi connectivity index (χ1n) is 4.22. The molecular weight excluding hydrogens is 293 g/mol. The van der Waals surface area contributed by atoms with Crippen LogP contribution < -0.4 is 5.32 Å². The lowest BCUT2D eigenvalue weighted by molar-refractivity contribution is -0.124. The van der Waals surface area contributed by atoms with Crippen LogP contribution >= 0.6 is 22.6 Å². The molecule has 1 amide bonds. The van der Waals surface area contributed by atoms with E-state index in [0.717, 1.165) is 9.26 Å². The minimum absolute atomic E-state index is 0.130. The molecule has 0 fully saturated rings. The summed E-state index contributed by atoms with van der Waals surface area (Å²) in [6.07, 6.45) is -0.423. The number of methoxy groups -OCH3 is 1. The van der Waals surface area contributed by atoms with Gasteiger partial charge < -0.3 is 10.1 Å². The summed E-state index contributed by atoms with van der Waals surface area (Å²) in [7, 11) is 1.51. The van der Waals surface area contributed by atoms with Gasteiger partial charge in [0.25, 0.3) is 5.91 Å². The van der Waals surface area contributed by atoms with Crippen LogP contribution in [0.3, 0.4) is 0 Å². The van der Waals surface area contributed by atoms with Crippen molar-refractivity contribution >= 4 is 34.2 Å². The first kappa shape index (κ1) is 11.5. The Morgan fingerprint density at radius 3 is 2.86 bits per heavy atom. The average molecular weight is 305 g/mol. The average Bonchev–Trinajstić information content (AvgIpc) is 2.16. The Bertz CT molecular complexity index is 328. The highest BCUT2D eigenvalue weighted by molar-refractivity contribution is 14.1. The second kappa shape index (κ2) is 5.31. The number of carbonyl (C=O) groups is 1. The molecule has 1 atom stereocenters. The molecular formula is C10H12INO2. The smallest absolute Gasteiger partial charge is 0.253 e. The number of hydrogen-bond donors (Lipinski definition) is 1. The second-order valence-corrected chi connectivity index (χ2v) is 4.12. The van der Waals surface area contributed by atoms with Crippen LogP contribution in [-0.4, -0.2) is 19.1 Å². The lowest BCUT2D eigenvalue weighted by Gasteiger charge is -2.10. The van der Waals surface area contributed by atoms with Crippen LogP contribution in [0.25, 0.3) is 0 Å². The summed E-state index contributed by atoms with van der Waals surface area (Å²) in [4.78, 5) is 11.4. The van der Waals surface area contributed by atoms with Gasteiger partial charge in [0.15, 0.2) is 0 Å². The Balaban J connectivity index is 2.65. The van der Waals surface area contributed by atoms with Crippen molar-refractivity contribution in [3.63, 3.8) is 0 Å². The molecule has 0 aromatic heterocycles.